The molecule has 0 saturated carbocycles. The van der Waals surface area contributed by atoms with Crippen LogP contribution in [0.15, 0.2) is 24.3 Å². The number of aromatic amines is 1. The van der Waals surface area contributed by atoms with Crippen molar-refractivity contribution in [3.05, 3.63) is 41.5 Å². The minimum atomic E-state index is -0.275. The highest BCUT2D eigenvalue weighted by Gasteiger charge is 2.30. The number of nitrogens with one attached hydrogen (secondary N) is 1. The third-order valence-corrected chi connectivity index (χ3v) is 5.29. The van der Waals surface area contributed by atoms with Crippen LogP contribution in [0.4, 0.5) is 4.39 Å². The number of halogens is 1. The van der Waals surface area contributed by atoms with E-state index in [9.17, 15) is 9.18 Å². The number of carbonyl (C=O) groups is 1. The molecule has 2 aliphatic heterocycles. The molecule has 0 bridgehead atoms. The molecule has 0 unspecified atom stereocenters. The highest BCUT2D eigenvalue weighted by Crippen LogP contribution is 2.24. The third-order valence-electron chi connectivity index (χ3n) is 5.29. The summed E-state index contributed by atoms with van der Waals surface area (Å²) in [7, 11) is 0. The Morgan fingerprint density at radius 1 is 1.28 bits per heavy atom. The Morgan fingerprint density at radius 3 is 2.84 bits per heavy atom. The molecule has 0 aliphatic carbocycles. The normalized spacial score (nSPS) is 19.0. The van der Waals surface area contributed by atoms with E-state index >= 15 is 0 Å². The molecule has 1 aromatic heterocycles. The van der Waals surface area contributed by atoms with E-state index in [-0.39, 0.29) is 17.8 Å². The van der Waals surface area contributed by atoms with Crippen LogP contribution in [0.5, 0.6) is 0 Å². The second-order valence-corrected chi connectivity index (χ2v) is 6.95. The Kier molecular flexibility index (Phi) is 4.29. The summed E-state index contributed by atoms with van der Waals surface area (Å²) in [6, 6.07) is 6.36. The molecule has 25 heavy (non-hydrogen) atoms. The number of carbonyl (C=O) groups excluding carboxylic acids is 1. The average molecular weight is 342 g/mol. The van der Waals surface area contributed by atoms with Gasteiger partial charge in [-0.15, -0.1) is 0 Å². The molecule has 0 radical (unpaired) electrons. The molecule has 1 N–H and O–H groups in total. The lowest BCUT2D eigenvalue weighted by atomic mass is 10.1. The Bertz CT molecular complexity index is 781. The van der Waals surface area contributed by atoms with Crippen LogP contribution >= 0.6 is 0 Å². The predicted octanol–water partition coefficient (Wildman–Crippen LogP) is 2.58. The number of hydrogen-bond acceptors (Lipinski definition) is 3. The SMILES string of the molecule is C[C@H](C(=O)N1CCc2nc(-c3cccc(F)c3)[nH]c2C1)N1CCCC1. The molecule has 2 aliphatic rings. The quantitative estimate of drug-likeness (QED) is 0.933. The Balaban J connectivity index is 1.50. The van der Waals surface area contributed by atoms with Gasteiger partial charge in [0.15, 0.2) is 0 Å². The Hall–Kier alpha value is -2.21. The molecule has 132 valence electrons. The van der Waals surface area contributed by atoms with Gasteiger partial charge in [-0.2, -0.15) is 0 Å². The first kappa shape index (κ1) is 16.3. The van der Waals surface area contributed by atoms with Gasteiger partial charge in [0.05, 0.1) is 24.0 Å². The van der Waals surface area contributed by atoms with Crippen molar-refractivity contribution in [2.75, 3.05) is 19.6 Å². The van der Waals surface area contributed by atoms with Crippen molar-refractivity contribution >= 4 is 5.91 Å². The van der Waals surface area contributed by atoms with Crippen molar-refractivity contribution in [1.29, 1.82) is 0 Å². The second-order valence-electron chi connectivity index (χ2n) is 6.95. The van der Waals surface area contributed by atoms with Crippen LogP contribution in [-0.4, -0.2) is 51.4 Å². The molecule has 0 spiro atoms. The summed E-state index contributed by atoms with van der Waals surface area (Å²) in [6.45, 7) is 5.28. The number of nitrogens with zero attached hydrogens (tertiary/aromatic N) is 3. The lowest BCUT2D eigenvalue weighted by Crippen LogP contribution is -2.47. The van der Waals surface area contributed by atoms with Gasteiger partial charge < -0.3 is 9.88 Å². The molecule has 1 atom stereocenters. The number of fused-ring (bicyclic) bond motifs is 1. The first-order valence-electron chi connectivity index (χ1n) is 8.98. The van der Waals surface area contributed by atoms with Crippen LogP contribution < -0.4 is 0 Å². The van der Waals surface area contributed by atoms with E-state index < -0.39 is 0 Å². The van der Waals surface area contributed by atoms with E-state index in [0.29, 0.717) is 18.9 Å². The number of benzene rings is 1. The molecule has 1 amide bonds. The number of aromatic nitrogens is 2. The zero-order valence-corrected chi connectivity index (χ0v) is 14.5. The molecule has 1 saturated heterocycles. The van der Waals surface area contributed by atoms with Crippen molar-refractivity contribution in [3.63, 3.8) is 0 Å². The van der Waals surface area contributed by atoms with Crippen LogP contribution in [-0.2, 0) is 17.8 Å². The smallest absolute Gasteiger partial charge is 0.240 e. The van der Waals surface area contributed by atoms with Gasteiger partial charge in [-0.3, -0.25) is 9.69 Å². The number of hydrogen-bond donors (Lipinski definition) is 1. The number of H-pyrrole nitrogens is 1. The summed E-state index contributed by atoms with van der Waals surface area (Å²) in [4.78, 5) is 24.9. The molecular formula is C19H23FN4O. The molecule has 3 heterocycles. The van der Waals surface area contributed by atoms with Crippen molar-refractivity contribution in [1.82, 2.24) is 19.8 Å². The van der Waals surface area contributed by atoms with Crippen LogP contribution in [0.3, 0.4) is 0 Å². The van der Waals surface area contributed by atoms with Crippen molar-refractivity contribution in [2.45, 2.75) is 38.8 Å². The number of likely N-dealkylation sites (tertiary alicyclic amines) is 1. The van der Waals surface area contributed by atoms with Crippen molar-refractivity contribution in [3.8, 4) is 11.4 Å². The van der Waals surface area contributed by atoms with Crippen LogP contribution in [0.25, 0.3) is 11.4 Å². The maximum atomic E-state index is 13.4. The minimum Gasteiger partial charge on any atom is -0.340 e. The molecule has 1 fully saturated rings. The van der Waals surface area contributed by atoms with Gasteiger partial charge in [0.1, 0.15) is 11.6 Å². The maximum Gasteiger partial charge on any atom is 0.240 e. The summed E-state index contributed by atoms with van der Waals surface area (Å²) in [5, 5.41) is 0. The summed E-state index contributed by atoms with van der Waals surface area (Å²) in [5.74, 6) is 0.587. The lowest BCUT2D eigenvalue weighted by Gasteiger charge is -2.32. The average Bonchev–Trinajstić information content (AvgIpc) is 3.29. The molecule has 5 nitrogen and oxygen atoms in total. The minimum absolute atomic E-state index is 0.0605. The zero-order chi connectivity index (χ0) is 17.4. The number of imidazole rings is 1. The summed E-state index contributed by atoms with van der Waals surface area (Å²) in [5.41, 5.74) is 2.68. The Labute approximate surface area is 146 Å². The van der Waals surface area contributed by atoms with E-state index in [1.807, 2.05) is 17.9 Å². The second kappa shape index (κ2) is 6.59. The summed E-state index contributed by atoms with van der Waals surface area (Å²) < 4.78 is 13.4. The van der Waals surface area contributed by atoms with Gasteiger partial charge in [0.25, 0.3) is 0 Å². The van der Waals surface area contributed by atoms with E-state index in [1.165, 1.54) is 25.0 Å². The molecule has 6 heteroatoms. The van der Waals surface area contributed by atoms with E-state index in [4.69, 9.17) is 0 Å². The topological polar surface area (TPSA) is 52.2 Å². The van der Waals surface area contributed by atoms with Gasteiger partial charge in [0.2, 0.25) is 5.91 Å². The first-order chi connectivity index (χ1) is 12.1. The lowest BCUT2D eigenvalue weighted by molar-refractivity contribution is -0.137. The van der Waals surface area contributed by atoms with E-state index in [0.717, 1.165) is 36.5 Å². The molecular weight excluding hydrogens is 319 g/mol. The highest BCUT2D eigenvalue weighted by molar-refractivity contribution is 5.81. The van der Waals surface area contributed by atoms with Gasteiger partial charge in [-0.25, -0.2) is 9.37 Å². The predicted molar refractivity (Wildman–Crippen MR) is 93.4 cm³/mol. The fraction of sp³-hybridized carbons (Fsp3) is 0.474. The van der Waals surface area contributed by atoms with Gasteiger partial charge in [0, 0.05) is 18.5 Å². The van der Waals surface area contributed by atoms with Crippen LogP contribution in [0, 0.1) is 5.82 Å². The van der Waals surface area contributed by atoms with Crippen LogP contribution in [0.2, 0.25) is 0 Å². The first-order valence-corrected chi connectivity index (χ1v) is 8.98. The number of amides is 1. The van der Waals surface area contributed by atoms with E-state index in [1.54, 1.807) is 6.07 Å². The fourth-order valence-electron chi connectivity index (χ4n) is 3.80. The molecule has 1 aromatic carbocycles. The summed E-state index contributed by atoms with van der Waals surface area (Å²) in [6.07, 6.45) is 3.10. The maximum absolute atomic E-state index is 13.4. The fourth-order valence-corrected chi connectivity index (χ4v) is 3.80. The largest absolute Gasteiger partial charge is 0.340 e. The standard InChI is InChI=1S/C19H23FN4O/c1-13(23-8-2-3-9-23)19(25)24-10-7-16-17(12-24)22-18(21-16)14-5-4-6-15(20)11-14/h4-6,11,13H,2-3,7-10,12H2,1H3,(H,21,22)/t13-/m1/s1. The zero-order valence-electron chi connectivity index (χ0n) is 14.5. The highest BCUT2D eigenvalue weighted by atomic mass is 19.1. The third kappa shape index (κ3) is 3.18. The van der Waals surface area contributed by atoms with Crippen molar-refractivity contribution in [2.24, 2.45) is 0 Å². The number of rotatable bonds is 3. The van der Waals surface area contributed by atoms with Crippen LogP contribution in [0.1, 0.15) is 31.2 Å². The molecule has 2 aromatic rings. The van der Waals surface area contributed by atoms with E-state index in [2.05, 4.69) is 14.9 Å². The van der Waals surface area contributed by atoms with Crippen molar-refractivity contribution < 1.29 is 9.18 Å². The van der Waals surface area contributed by atoms with Gasteiger partial charge in [-0.05, 0) is 45.0 Å². The summed E-state index contributed by atoms with van der Waals surface area (Å²) >= 11 is 0. The monoisotopic (exact) mass is 342 g/mol. The van der Waals surface area contributed by atoms with Gasteiger partial charge >= 0.3 is 0 Å². The van der Waals surface area contributed by atoms with Gasteiger partial charge in [-0.1, -0.05) is 12.1 Å². The Morgan fingerprint density at radius 2 is 2.08 bits per heavy atom. The molecule has 4 rings (SSSR count).